The van der Waals surface area contributed by atoms with Crippen LogP contribution in [0.4, 0.5) is 4.39 Å². The van der Waals surface area contributed by atoms with Crippen molar-refractivity contribution in [1.29, 1.82) is 0 Å². The Bertz CT molecular complexity index is 631. The quantitative estimate of drug-likeness (QED) is 0.926. The number of rotatable bonds is 4. The van der Waals surface area contributed by atoms with Crippen LogP contribution in [-0.2, 0) is 6.54 Å². The maximum Gasteiger partial charge on any atom is 0.254 e. The molecule has 0 bridgehead atoms. The molecule has 1 amide bonds. The standard InChI is InChI=1S/C15H13BrFNO2/c1-20-11-5-2-4-10(8-11)9-18-15(19)12-6-3-7-13(16)14(12)17/h2-8H,9H2,1H3,(H,18,19). The van der Waals surface area contributed by atoms with Crippen molar-refractivity contribution in [3.05, 3.63) is 63.9 Å². The van der Waals surface area contributed by atoms with E-state index in [1.165, 1.54) is 6.07 Å². The molecular weight excluding hydrogens is 325 g/mol. The Morgan fingerprint density at radius 3 is 2.80 bits per heavy atom. The van der Waals surface area contributed by atoms with Gasteiger partial charge in [0.25, 0.3) is 5.91 Å². The second-order valence-corrected chi connectivity index (χ2v) is 4.99. The fourth-order valence-electron chi connectivity index (χ4n) is 1.74. The molecular formula is C15H13BrFNO2. The Morgan fingerprint density at radius 1 is 1.30 bits per heavy atom. The zero-order valence-corrected chi connectivity index (χ0v) is 12.4. The predicted molar refractivity (Wildman–Crippen MR) is 78.3 cm³/mol. The van der Waals surface area contributed by atoms with Gasteiger partial charge in [0, 0.05) is 6.54 Å². The van der Waals surface area contributed by atoms with Gasteiger partial charge in [0.05, 0.1) is 17.1 Å². The van der Waals surface area contributed by atoms with Crippen LogP contribution >= 0.6 is 15.9 Å². The summed E-state index contributed by atoms with van der Waals surface area (Å²) in [6.45, 7) is 0.308. The molecule has 0 aromatic heterocycles. The maximum absolute atomic E-state index is 13.8. The van der Waals surface area contributed by atoms with Gasteiger partial charge in [-0.2, -0.15) is 0 Å². The number of nitrogens with one attached hydrogen (secondary N) is 1. The van der Waals surface area contributed by atoms with E-state index in [0.717, 1.165) is 5.56 Å². The summed E-state index contributed by atoms with van der Waals surface area (Å²) in [7, 11) is 1.58. The second-order valence-electron chi connectivity index (χ2n) is 4.14. The van der Waals surface area contributed by atoms with Crippen molar-refractivity contribution in [2.45, 2.75) is 6.54 Å². The van der Waals surface area contributed by atoms with Crippen molar-refractivity contribution >= 4 is 21.8 Å². The molecule has 0 aliphatic heterocycles. The van der Waals surface area contributed by atoms with E-state index in [2.05, 4.69) is 21.2 Å². The Morgan fingerprint density at radius 2 is 2.05 bits per heavy atom. The Labute approximate surface area is 124 Å². The van der Waals surface area contributed by atoms with Gasteiger partial charge in [0.2, 0.25) is 0 Å². The van der Waals surface area contributed by atoms with Crippen LogP contribution in [0.15, 0.2) is 46.9 Å². The topological polar surface area (TPSA) is 38.3 Å². The van der Waals surface area contributed by atoms with Crippen LogP contribution in [-0.4, -0.2) is 13.0 Å². The van der Waals surface area contributed by atoms with Gasteiger partial charge in [0.15, 0.2) is 0 Å². The normalized spacial score (nSPS) is 10.2. The third kappa shape index (κ3) is 3.36. The van der Waals surface area contributed by atoms with Crippen LogP contribution < -0.4 is 10.1 Å². The smallest absolute Gasteiger partial charge is 0.254 e. The molecule has 3 nitrogen and oxygen atoms in total. The second kappa shape index (κ2) is 6.52. The Kier molecular flexibility index (Phi) is 4.74. The van der Waals surface area contributed by atoms with Gasteiger partial charge in [-0.05, 0) is 45.8 Å². The summed E-state index contributed by atoms with van der Waals surface area (Å²) < 4.78 is 19.1. The third-order valence-corrected chi connectivity index (χ3v) is 3.40. The van der Waals surface area contributed by atoms with Crippen molar-refractivity contribution in [3.63, 3.8) is 0 Å². The molecule has 0 saturated heterocycles. The van der Waals surface area contributed by atoms with Crippen LogP contribution in [0.25, 0.3) is 0 Å². The SMILES string of the molecule is COc1cccc(CNC(=O)c2cccc(Br)c2F)c1. The molecule has 0 aliphatic rings. The summed E-state index contributed by atoms with van der Waals surface area (Å²) in [5, 5.41) is 2.68. The summed E-state index contributed by atoms with van der Waals surface area (Å²) in [5.41, 5.74) is 0.898. The monoisotopic (exact) mass is 337 g/mol. The van der Waals surface area contributed by atoms with E-state index in [4.69, 9.17) is 4.74 Å². The lowest BCUT2D eigenvalue weighted by atomic mass is 10.1. The van der Waals surface area contributed by atoms with E-state index in [9.17, 15) is 9.18 Å². The molecule has 2 aromatic rings. The largest absolute Gasteiger partial charge is 0.497 e. The molecule has 0 heterocycles. The lowest BCUT2D eigenvalue weighted by molar-refractivity contribution is 0.0946. The average molecular weight is 338 g/mol. The van der Waals surface area contributed by atoms with Crippen LogP contribution in [0.2, 0.25) is 0 Å². The van der Waals surface area contributed by atoms with Crippen LogP contribution in [0, 0.1) is 5.82 Å². The van der Waals surface area contributed by atoms with Crippen molar-refractivity contribution in [3.8, 4) is 5.75 Å². The number of hydrogen-bond donors (Lipinski definition) is 1. The highest BCUT2D eigenvalue weighted by atomic mass is 79.9. The molecule has 1 N–H and O–H groups in total. The van der Waals surface area contributed by atoms with Crippen LogP contribution in [0.5, 0.6) is 5.75 Å². The zero-order valence-electron chi connectivity index (χ0n) is 10.8. The first-order valence-corrected chi connectivity index (χ1v) is 6.76. The van der Waals surface area contributed by atoms with Gasteiger partial charge >= 0.3 is 0 Å². The molecule has 5 heteroatoms. The number of ether oxygens (including phenoxy) is 1. The van der Waals surface area contributed by atoms with E-state index in [1.807, 2.05) is 24.3 Å². The number of hydrogen-bond acceptors (Lipinski definition) is 2. The molecule has 0 spiro atoms. The summed E-state index contributed by atoms with van der Waals surface area (Å²) in [5.74, 6) is -0.298. The molecule has 2 aromatic carbocycles. The molecule has 104 valence electrons. The van der Waals surface area contributed by atoms with E-state index in [0.29, 0.717) is 12.3 Å². The summed E-state index contributed by atoms with van der Waals surface area (Å²) in [6.07, 6.45) is 0. The van der Waals surface area contributed by atoms with E-state index >= 15 is 0 Å². The van der Waals surface area contributed by atoms with Crippen molar-refractivity contribution in [2.24, 2.45) is 0 Å². The van der Waals surface area contributed by atoms with E-state index < -0.39 is 11.7 Å². The molecule has 0 aliphatic carbocycles. The van der Waals surface area contributed by atoms with Crippen molar-refractivity contribution in [2.75, 3.05) is 7.11 Å². The number of carbonyl (C=O) groups excluding carboxylic acids is 1. The van der Waals surface area contributed by atoms with Gasteiger partial charge in [-0.25, -0.2) is 4.39 Å². The number of halogens is 2. The van der Waals surface area contributed by atoms with Crippen LogP contribution in [0.1, 0.15) is 15.9 Å². The summed E-state index contributed by atoms with van der Waals surface area (Å²) >= 11 is 3.06. The fourth-order valence-corrected chi connectivity index (χ4v) is 2.11. The summed E-state index contributed by atoms with van der Waals surface area (Å²) in [6, 6.07) is 11.9. The number of methoxy groups -OCH3 is 1. The molecule has 0 fully saturated rings. The Balaban J connectivity index is 2.06. The molecule has 2 rings (SSSR count). The van der Waals surface area contributed by atoms with Crippen molar-refractivity contribution < 1.29 is 13.9 Å². The van der Waals surface area contributed by atoms with Crippen LogP contribution in [0.3, 0.4) is 0 Å². The highest BCUT2D eigenvalue weighted by Gasteiger charge is 2.13. The van der Waals surface area contributed by atoms with Gasteiger partial charge < -0.3 is 10.1 Å². The Hall–Kier alpha value is -1.88. The van der Waals surface area contributed by atoms with E-state index in [1.54, 1.807) is 19.2 Å². The summed E-state index contributed by atoms with van der Waals surface area (Å²) in [4.78, 5) is 11.9. The van der Waals surface area contributed by atoms with Crippen molar-refractivity contribution in [1.82, 2.24) is 5.32 Å². The number of benzene rings is 2. The first-order valence-electron chi connectivity index (χ1n) is 5.97. The first-order chi connectivity index (χ1) is 9.61. The highest BCUT2D eigenvalue weighted by Crippen LogP contribution is 2.18. The molecule has 0 saturated carbocycles. The van der Waals surface area contributed by atoms with Gasteiger partial charge in [-0.1, -0.05) is 18.2 Å². The van der Waals surface area contributed by atoms with Gasteiger partial charge in [0.1, 0.15) is 11.6 Å². The number of amides is 1. The zero-order chi connectivity index (χ0) is 14.5. The molecule has 0 radical (unpaired) electrons. The lowest BCUT2D eigenvalue weighted by Gasteiger charge is -2.08. The number of carbonyl (C=O) groups is 1. The predicted octanol–water partition coefficient (Wildman–Crippen LogP) is 3.53. The minimum atomic E-state index is -0.560. The molecule has 20 heavy (non-hydrogen) atoms. The third-order valence-electron chi connectivity index (χ3n) is 2.78. The minimum absolute atomic E-state index is 0.0160. The minimum Gasteiger partial charge on any atom is -0.497 e. The van der Waals surface area contributed by atoms with E-state index in [-0.39, 0.29) is 10.0 Å². The molecule has 0 atom stereocenters. The lowest BCUT2D eigenvalue weighted by Crippen LogP contribution is -2.23. The highest BCUT2D eigenvalue weighted by molar-refractivity contribution is 9.10. The van der Waals surface area contributed by atoms with Gasteiger partial charge in [-0.15, -0.1) is 0 Å². The average Bonchev–Trinajstić information content (AvgIpc) is 2.48. The first kappa shape index (κ1) is 14.5. The van der Waals surface area contributed by atoms with Gasteiger partial charge in [-0.3, -0.25) is 4.79 Å². The maximum atomic E-state index is 13.8. The fraction of sp³-hybridized carbons (Fsp3) is 0.133. The molecule has 0 unspecified atom stereocenters.